The van der Waals surface area contributed by atoms with Crippen molar-refractivity contribution in [2.75, 3.05) is 0 Å². The van der Waals surface area contributed by atoms with Gasteiger partial charge in [0.15, 0.2) is 0 Å². The summed E-state index contributed by atoms with van der Waals surface area (Å²) in [7, 11) is 0. The van der Waals surface area contributed by atoms with Gasteiger partial charge in [-0.25, -0.2) is 14.8 Å². The summed E-state index contributed by atoms with van der Waals surface area (Å²) in [6, 6.07) is -0.00431. The Balaban J connectivity index is 1.73. The maximum atomic E-state index is 11.9. The van der Waals surface area contributed by atoms with E-state index >= 15 is 0 Å². The van der Waals surface area contributed by atoms with Gasteiger partial charge in [0, 0.05) is 24.4 Å². The van der Waals surface area contributed by atoms with Crippen molar-refractivity contribution in [1.29, 1.82) is 0 Å². The normalized spacial score (nSPS) is 23.4. The molecule has 2 N–H and O–H groups in total. The van der Waals surface area contributed by atoms with E-state index in [1.54, 1.807) is 0 Å². The minimum atomic E-state index is -1.27. The van der Waals surface area contributed by atoms with Crippen molar-refractivity contribution in [2.45, 2.75) is 56.5 Å². The number of imide groups is 1. The first kappa shape index (κ1) is 16.4. The monoisotopic (exact) mass is 333 g/mol. The molecule has 2 aliphatic rings. The second kappa shape index (κ2) is 6.54. The lowest BCUT2D eigenvalue weighted by molar-refractivity contribution is -0.159. The van der Waals surface area contributed by atoms with Crippen LogP contribution in [-0.4, -0.2) is 38.5 Å². The van der Waals surface area contributed by atoms with Crippen molar-refractivity contribution in [3.8, 4) is 6.01 Å². The van der Waals surface area contributed by atoms with E-state index in [0.29, 0.717) is 24.8 Å². The van der Waals surface area contributed by atoms with Gasteiger partial charge < -0.3 is 9.84 Å². The molecular formula is C16H19N3O5. The van der Waals surface area contributed by atoms with E-state index in [0.717, 1.165) is 19.3 Å². The number of nitrogens with one attached hydrogen (secondary N) is 1. The van der Waals surface area contributed by atoms with Gasteiger partial charge in [0.05, 0.1) is 5.92 Å². The largest absolute Gasteiger partial charge is 0.478 e. The summed E-state index contributed by atoms with van der Waals surface area (Å²) in [6.07, 6.45) is 7.04. The summed E-state index contributed by atoms with van der Waals surface area (Å²) in [6.45, 7) is 0. The summed E-state index contributed by atoms with van der Waals surface area (Å²) >= 11 is 0. The van der Waals surface area contributed by atoms with Crippen molar-refractivity contribution >= 4 is 17.8 Å². The molecule has 24 heavy (non-hydrogen) atoms. The van der Waals surface area contributed by atoms with E-state index in [2.05, 4.69) is 15.3 Å². The molecular weight excluding hydrogens is 314 g/mol. The fourth-order valence-electron chi connectivity index (χ4n) is 3.23. The predicted molar refractivity (Wildman–Crippen MR) is 81.2 cm³/mol. The topological polar surface area (TPSA) is 118 Å². The predicted octanol–water partition coefficient (Wildman–Crippen LogP) is 1.16. The quantitative estimate of drug-likeness (QED) is 0.794. The number of nitrogens with zero attached hydrogens (tertiary/aromatic N) is 2. The zero-order valence-electron chi connectivity index (χ0n) is 13.2. The zero-order valence-corrected chi connectivity index (χ0v) is 13.2. The molecule has 1 atom stereocenters. The van der Waals surface area contributed by atoms with Crippen molar-refractivity contribution < 1.29 is 24.2 Å². The highest BCUT2D eigenvalue weighted by atomic mass is 16.5. The molecule has 0 bridgehead atoms. The molecule has 1 saturated heterocycles. The van der Waals surface area contributed by atoms with Crippen LogP contribution in [0.2, 0.25) is 0 Å². The van der Waals surface area contributed by atoms with Gasteiger partial charge in [0.1, 0.15) is 0 Å². The summed E-state index contributed by atoms with van der Waals surface area (Å²) in [5.74, 6) is -2.12. The van der Waals surface area contributed by atoms with Crippen molar-refractivity contribution in [3.63, 3.8) is 0 Å². The minimum absolute atomic E-state index is 0.00431. The summed E-state index contributed by atoms with van der Waals surface area (Å²) in [4.78, 5) is 42.8. The summed E-state index contributed by atoms with van der Waals surface area (Å²) in [5, 5.41) is 11.8. The summed E-state index contributed by atoms with van der Waals surface area (Å²) in [5.41, 5.74) is -0.686. The number of piperidine rings is 1. The van der Waals surface area contributed by atoms with Gasteiger partial charge in [-0.3, -0.25) is 14.9 Å². The second-order valence-electron chi connectivity index (χ2n) is 6.26. The van der Waals surface area contributed by atoms with E-state index in [1.165, 1.54) is 12.4 Å². The number of aliphatic carboxylic acids is 1. The number of carbonyl (C=O) groups is 3. The average molecular weight is 333 g/mol. The van der Waals surface area contributed by atoms with Crippen LogP contribution in [0, 0.1) is 0 Å². The second-order valence-corrected chi connectivity index (χ2v) is 6.26. The van der Waals surface area contributed by atoms with E-state index in [4.69, 9.17) is 4.74 Å². The smallest absolute Gasteiger partial charge is 0.348 e. The van der Waals surface area contributed by atoms with Crippen LogP contribution in [0.15, 0.2) is 12.4 Å². The van der Waals surface area contributed by atoms with Crippen LogP contribution >= 0.6 is 0 Å². The fraction of sp³-hybridized carbons (Fsp3) is 0.562. The number of aromatic nitrogens is 2. The average Bonchev–Trinajstić information content (AvgIpc) is 2.57. The van der Waals surface area contributed by atoms with Gasteiger partial charge >= 0.3 is 12.0 Å². The summed E-state index contributed by atoms with van der Waals surface area (Å²) < 4.78 is 5.61. The van der Waals surface area contributed by atoms with Crippen LogP contribution in [-0.2, 0) is 14.4 Å². The molecule has 1 unspecified atom stereocenters. The molecule has 1 aliphatic carbocycles. The maximum Gasteiger partial charge on any atom is 0.348 e. The number of hydrogen-bond donors (Lipinski definition) is 2. The van der Waals surface area contributed by atoms with Gasteiger partial charge in [0.25, 0.3) is 0 Å². The number of ether oxygens (including phenoxy) is 1. The first-order chi connectivity index (χ1) is 11.5. The Kier molecular flexibility index (Phi) is 4.46. The van der Waals surface area contributed by atoms with Gasteiger partial charge in [-0.05, 0) is 32.1 Å². The van der Waals surface area contributed by atoms with E-state index in [1.807, 2.05) is 0 Å². The highest BCUT2D eigenvalue weighted by molar-refractivity contribution is 6.00. The first-order valence-corrected chi connectivity index (χ1v) is 8.08. The molecule has 0 aromatic carbocycles. The highest BCUT2D eigenvalue weighted by Crippen LogP contribution is 2.32. The number of carboxylic acid groups (broad SMARTS) is 1. The molecule has 1 saturated carbocycles. The van der Waals surface area contributed by atoms with Crippen LogP contribution in [0.25, 0.3) is 0 Å². The van der Waals surface area contributed by atoms with Gasteiger partial charge in [-0.15, -0.1) is 0 Å². The molecule has 2 heterocycles. The molecule has 8 heteroatoms. The van der Waals surface area contributed by atoms with Crippen molar-refractivity contribution in [3.05, 3.63) is 18.0 Å². The highest BCUT2D eigenvalue weighted by Gasteiger charge is 2.43. The molecule has 2 amide bonds. The molecule has 0 spiro atoms. The standard InChI is InChI=1S/C16H19N3O5/c20-12-5-4-11(13(21)19-12)10-8-17-15(18-9-10)24-16(14(22)23)6-2-1-3-7-16/h8-9,11H,1-7H2,(H,22,23)(H,19,20,21). The number of hydrogen-bond acceptors (Lipinski definition) is 6. The molecule has 128 valence electrons. The Labute approximate surface area is 138 Å². The Hall–Kier alpha value is -2.51. The van der Waals surface area contributed by atoms with Gasteiger partial charge in [0.2, 0.25) is 17.4 Å². The number of amides is 2. The molecule has 3 rings (SSSR count). The molecule has 2 fully saturated rings. The molecule has 0 radical (unpaired) electrons. The van der Waals surface area contributed by atoms with E-state index in [-0.39, 0.29) is 24.2 Å². The number of carbonyl (C=O) groups excluding carboxylic acids is 2. The Morgan fingerprint density at radius 1 is 1.21 bits per heavy atom. The lowest BCUT2D eigenvalue weighted by atomic mass is 9.85. The molecule has 1 aliphatic heterocycles. The Morgan fingerprint density at radius 2 is 1.88 bits per heavy atom. The Morgan fingerprint density at radius 3 is 2.46 bits per heavy atom. The van der Waals surface area contributed by atoms with Crippen LogP contribution in [0.3, 0.4) is 0 Å². The van der Waals surface area contributed by atoms with Crippen LogP contribution in [0.4, 0.5) is 0 Å². The third-order valence-corrected chi connectivity index (χ3v) is 4.63. The first-order valence-electron chi connectivity index (χ1n) is 8.08. The Bertz CT molecular complexity index is 652. The van der Waals surface area contributed by atoms with E-state index in [9.17, 15) is 19.5 Å². The van der Waals surface area contributed by atoms with Crippen molar-refractivity contribution in [2.24, 2.45) is 0 Å². The van der Waals surface area contributed by atoms with Gasteiger partial charge in [-0.1, -0.05) is 6.42 Å². The van der Waals surface area contributed by atoms with Crippen LogP contribution in [0.5, 0.6) is 6.01 Å². The van der Waals surface area contributed by atoms with Crippen molar-refractivity contribution in [1.82, 2.24) is 15.3 Å². The minimum Gasteiger partial charge on any atom is -0.478 e. The number of carboxylic acids is 1. The fourth-order valence-corrected chi connectivity index (χ4v) is 3.23. The van der Waals surface area contributed by atoms with Gasteiger partial charge in [-0.2, -0.15) is 0 Å². The van der Waals surface area contributed by atoms with Crippen LogP contribution < -0.4 is 10.1 Å². The zero-order chi connectivity index (χ0) is 17.2. The SMILES string of the molecule is O=C1CCC(c2cnc(OC3(C(=O)O)CCCCC3)nc2)C(=O)N1. The van der Waals surface area contributed by atoms with Crippen LogP contribution in [0.1, 0.15) is 56.4 Å². The molecule has 1 aromatic heterocycles. The lowest BCUT2D eigenvalue weighted by Gasteiger charge is -2.32. The third kappa shape index (κ3) is 3.22. The molecule has 1 aromatic rings. The third-order valence-electron chi connectivity index (χ3n) is 4.63. The molecule has 8 nitrogen and oxygen atoms in total. The maximum absolute atomic E-state index is 11.9. The van der Waals surface area contributed by atoms with E-state index < -0.39 is 17.5 Å². The lowest BCUT2D eigenvalue weighted by Crippen LogP contribution is -2.46. The number of rotatable bonds is 4.